The van der Waals surface area contributed by atoms with Gasteiger partial charge in [-0.3, -0.25) is 4.98 Å². The van der Waals surface area contributed by atoms with E-state index in [4.69, 9.17) is 5.26 Å². The number of pyridine rings is 1. The Morgan fingerprint density at radius 3 is 2.57 bits per heavy atom. The van der Waals surface area contributed by atoms with Crippen LogP contribution in [0, 0.1) is 11.3 Å². The molecule has 0 spiro atoms. The minimum Gasteiger partial charge on any atom is -0.256 e. The first-order chi connectivity index (χ1) is 11.3. The van der Waals surface area contributed by atoms with E-state index in [-0.39, 0.29) is 0 Å². The lowest BCUT2D eigenvalue weighted by molar-refractivity contribution is 0.787. The molecule has 0 aliphatic heterocycles. The molecule has 0 unspecified atom stereocenters. The van der Waals surface area contributed by atoms with Crippen LogP contribution in [0.15, 0.2) is 54.7 Å². The smallest absolute Gasteiger partial charge is 0.0991 e. The van der Waals surface area contributed by atoms with Gasteiger partial charge in [0.05, 0.1) is 17.1 Å². The van der Waals surface area contributed by atoms with E-state index in [2.05, 4.69) is 48.3 Å². The Labute approximate surface area is 137 Å². The Balaban J connectivity index is 2.03. The van der Waals surface area contributed by atoms with Crippen molar-refractivity contribution in [3.05, 3.63) is 77.0 Å². The highest BCUT2D eigenvalue weighted by molar-refractivity contribution is 5.83. The van der Waals surface area contributed by atoms with Crippen molar-refractivity contribution >= 4 is 10.9 Å². The van der Waals surface area contributed by atoms with Crippen LogP contribution in [0.4, 0.5) is 0 Å². The molecule has 3 rings (SSSR count). The maximum atomic E-state index is 8.94. The predicted molar refractivity (Wildman–Crippen MR) is 94.3 cm³/mol. The van der Waals surface area contributed by atoms with Crippen LogP contribution in [0.1, 0.15) is 42.0 Å². The number of para-hydroxylation sites is 1. The van der Waals surface area contributed by atoms with Crippen LogP contribution in [0.5, 0.6) is 0 Å². The summed E-state index contributed by atoms with van der Waals surface area (Å²) in [5.41, 5.74) is 5.71. The van der Waals surface area contributed by atoms with Crippen LogP contribution in [-0.4, -0.2) is 4.98 Å². The first-order valence-electron chi connectivity index (χ1n) is 8.16. The molecule has 114 valence electrons. The van der Waals surface area contributed by atoms with E-state index >= 15 is 0 Å². The Morgan fingerprint density at radius 2 is 1.83 bits per heavy atom. The summed E-state index contributed by atoms with van der Waals surface area (Å²) in [4.78, 5) is 4.62. The summed E-state index contributed by atoms with van der Waals surface area (Å²) >= 11 is 0. The molecule has 0 saturated heterocycles. The van der Waals surface area contributed by atoms with Gasteiger partial charge in [0, 0.05) is 11.6 Å². The minimum atomic E-state index is 0.708. The molecular weight excluding hydrogens is 280 g/mol. The number of nitrogens with zero attached hydrogens (tertiary/aromatic N) is 2. The Bertz CT molecular complexity index is 842. The van der Waals surface area contributed by atoms with Crippen LogP contribution in [0.2, 0.25) is 0 Å². The van der Waals surface area contributed by atoms with Gasteiger partial charge in [-0.15, -0.1) is 0 Å². The van der Waals surface area contributed by atoms with Crippen LogP contribution in [0.25, 0.3) is 10.9 Å². The number of unbranched alkanes of at least 4 members (excludes halogenated alkanes) is 1. The number of rotatable bonds is 5. The maximum Gasteiger partial charge on any atom is 0.0991 e. The molecule has 0 aliphatic carbocycles. The lowest BCUT2D eigenvalue weighted by Gasteiger charge is -2.13. The number of aromatic nitrogens is 1. The van der Waals surface area contributed by atoms with Gasteiger partial charge in [0.2, 0.25) is 0 Å². The summed E-state index contributed by atoms with van der Waals surface area (Å²) in [6.07, 6.45) is 6.36. The molecule has 23 heavy (non-hydrogen) atoms. The molecule has 0 aliphatic rings. The number of hydrogen-bond donors (Lipinski definition) is 0. The quantitative estimate of drug-likeness (QED) is 0.662. The molecule has 1 aromatic heterocycles. The average Bonchev–Trinajstić information content (AvgIpc) is 2.61. The largest absolute Gasteiger partial charge is 0.256 e. The standard InChI is InChI=1S/C21H20N2/c1-2-3-6-18-15-23-21-8-5-4-7-19(21)20(18)13-16-9-11-17(14-22)12-10-16/h4-5,7-12,15H,2-3,6,13H2,1H3. The number of aryl methyl sites for hydroxylation is 1. The van der Waals surface area contributed by atoms with E-state index < -0.39 is 0 Å². The third-order valence-corrected chi connectivity index (χ3v) is 4.24. The molecule has 3 aromatic rings. The predicted octanol–water partition coefficient (Wildman–Crippen LogP) is 5.04. The molecule has 0 N–H and O–H groups in total. The third kappa shape index (κ3) is 3.40. The van der Waals surface area contributed by atoms with Gasteiger partial charge in [0.15, 0.2) is 0 Å². The second kappa shape index (κ2) is 7.07. The maximum absolute atomic E-state index is 8.94. The van der Waals surface area contributed by atoms with Gasteiger partial charge in [-0.05, 0) is 54.2 Å². The van der Waals surface area contributed by atoms with Gasteiger partial charge in [-0.25, -0.2) is 0 Å². The highest BCUT2D eigenvalue weighted by atomic mass is 14.7. The molecule has 0 bridgehead atoms. The van der Waals surface area contributed by atoms with Crippen molar-refractivity contribution in [2.45, 2.75) is 32.6 Å². The Hall–Kier alpha value is -2.66. The summed E-state index contributed by atoms with van der Waals surface area (Å²) in [7, 11) is 0. The molecular formula is C21H20N2. The highest BCUT2D eigenvalue weighted by Gasteiger charge is 2.09. The van der Waals surface area contributed by atoms with E-state index in [1.807, 2.05) is 24.4 Å². The van der Waals surface area contributed by atoms with Crippen LogP contribution in [-0.2, 0) is 12.8 Å². The van der Waals surface area contributed by atoms with E-state index in [9.17, 15) is 0 Å². The zero-order chi connectivity index (χ0) is 16.1. The molecule has 1 heterocycles. The van der Waals surface area contributed by atoms with E-state index in [1.165, 1.54) is 34.9 Å². The summed E-state index contributed by atoms with van der Waals surface area (Å²) in [6.45, 7) is 2.22. The monoisotopic (exact) mass is 300 g/mol. The van der Waals surface area contributed by atoms with Gasteiger partial charge >= 0.3 is 0 Å². The fourth-order valence-corrected chi connectivity index (χ4v) is 2.93. The molecule has 0 atom stereocenters. The average molecular weight is 300 g/mol. The topological polar surface area (TPSA) is 36.7 Å². The van der Waals surface area contributed by atoms with Crippen LogP contribution < -0.4 is 0 Å². The van der Waals surface area contributed by atoms with Gasteiger partial charge in [-0.1, -0.05) is 43.7 Å². The van der Waals surface area contributed by atoms with Crippen molar-refractivity contribution in [3.8, 4) is 6.07 Å². The summed E-state index contributed by atoms with van der Waals surface area (Å²) in [5.74, 6) is 0. The van der Waals surface area contributed by atoms with Crippen molar-refractivity contribution in [1.29, 1.82) is 5.26 Å². The van der Waals surface area contributed by atoms with E-state index in [0.717, 1.165) is 18.4 Å². The van der Waals surface area contributed by atoms with Crippen molar-refractivity contribution < 1.29 is 0 Å². The lowest BCUT2D eigenvalue weighted by atomic mass is 9.94. The Morgan fingerprint density at radius 1 is 1.04 bits per heavy atom. The van der Waals surface area contributed by atoms with Crippen molar-refractivity contribution in [2.75, 3.05) is 0 Å². The number of benzene rings is 2. The summed E-state index contributed by atoms with van der Waals surface area (Å²) < 4.78 is 0. The lowest BCUT2D eigenvalue weighted by Crippen LogP contribution is -1.99. The van der Waals surface area contributed by atoms with Gasteiger partial charge in [-0.2, -0.15) is 5.26 Å². The third-order valence-electron chi connectivity index (χ3n) is 4.24. The number of hydrogen-bond acceptors (Lipinski definition) is 2. The molecule has 0 amide bonds. The van der Waals surface area contributed by atoms with Crippen LogP contribution in [0.3, 0.4) is 0 Å². The Kier molecular flexibility index (Phi) is 4.68. The zero-order valence-corrected chi connectivity index (χ0v) is 13.4. The molecule has 0 radical (unpaired) electrons. The fraction of sp³-hybridized carbons (Fsp3) is 0.238. The summed E-state index contributed by atoms with van der Waals surface area (Å²) in [6, 6.07) is 18.4. The van der Waals surface area contributed by atoms with E-state index in [0.29, 0.717) is 5.56 Å². The molecule has 0 fully saturated rings. The zero-order valence-electron chi connectivity index (χ0n) is 13.4. The number of fused-ring (bicyclic) bond motifs is 1. The van der Waals surface area contributed by atoms with Gasteiger partial charge < -0.3 is 0 Å². The second-order valence-corrected chi connectivity index (χ2v) is 5.87. The van der Waals surface area contributed by atoms with Gasteiger partial charge in [0.25, 0.3) is 0 Å². The van der Waals surface area contributed by atoms with Crippen LogP contribution >= 0.6 is 0 Å². The molecule has 2 nitrogen and oxygen atoms in total. The highest BCUT2D eigenvalue weighted by Crippen LogP contribution is 2.25. The fourth-order valence-electron chi connectivity index (χ4n) is 2.93. The molecule has 2 heteroatoms. The minimum absolute atomic E-state index is 0.708. The first kappa shape index (κ1) is 15.2. The van der Waals surface area contributed by atoms with E-state index in [1.54, 1.807) is 0 Å². The van der Waals surface area contributed by atoms with Gasteiger partial charge in [0.1, 0.15) is 0 Å². The van der Waals surface area contributed by atoms with Crippen molar-refractivity contribution in [2.24, 2.45) is 0 Å². The first-order valence-corrected chi connectivity index (χ1v) is 8.16. The molecule has 2 aromatic carbocycles. The molecule has 0 saturated carbocycles. The van der Waals surface area contributed by atoms with Crippen molar-refractivity contribution in [3.63, 3.8) is 0 Å². The van der Waals surface area contributed by atoms with Crippen molar-refractivity contribution in [1.82, 2.24) is 4.98 Å². The SMILES string of the molecule is CCCCc1cnc2ccccc2c1Cc1ccc(C#N)cc1. The summed E-state index contributed by atoms with van der Waals surface area (Å²) in [5, 5.41) is 10.2. The normalized spacial score (nSPS) is 10.6. The second-order valence-electron chi connectivity index (χ2n) is 5.87. The number of nitriles is 1.